The first-order valence-corrected chi connectivity index (χ1v) is 14.8. The Labute approximate surface area is 216 Å². The molecule has 0 unspecified atom stereocenters. The third-order valence-corrected chi connectivity index (χ3v) is 8.61. The van der Waals surface area contributed by atoms with Crippen molar-refractivity contribution in [3.8, 4) is 11.1 Å². The molecule has 0 radical (unpaired) electrons. The summed E-state index contributed by atoms with van der Waals surface area (Å²) in [6.45, 7) is 0. The van der Waals surface area contributed by atoms with Crippen molar-refractivity contribution < 1.29 is 16.8 Å². The zero-order valence-corrected chi connectivity index (χ0v) is 21.4. The highest BCUT2D eigenvalue weighted by Crippen LogP contribution is 2.38. The predicted molar refractivity (Wildman–Crippen MR) is 149 cm³/mol. The molecule has 37 heavy (non-hydrogen) atoms. The molecule has 190 valence electrons. The number of anilines is 4. The van der Waals surface area contributed by atoms with Gasteiger partial charge in [0, 0.05) is 22.7 Å². The summed E-state index contributed by atoms with van der Waals surface area (Å²) in [4.78, 5) is 0. The summed E-state index contributed by atoms with van der Waals surface area (Å²) in [5.41, 5.74) is 18.8. The average molecular weight is 535 g/mol. The molecule has 0 heterocycles. The maximum atomic E-state index is 12.7. The van der Waals surface area contributed by atoms with Gasteiger partial charge in [-0.3, -0.25) is 9.44 Å². The molecule has 0 saturated carbocycles. The number of fused-ring (bicyclic) bond motifs is 3. The minimum atomic E-state index is -3.61. The second kappa shape index (κ2) is 9.45. The van der Waals surface area contributed by atoms with E-state index in [1.807, 2.05) is 36.4 Å². The van der Waals surface area contributed by atoms with Crippen LogP contribution in [0.3, 0.4) is 0 Å². The quantitative estimate of drug-likeness (QED) is 0.218. The zero-order valence-electron chi connectivity index (χ0n) is 19.8. The molecule has 0 fully saturated rings. The van der Waals surface area contributed by atoms with Gasteiger partial charge in [0.25, 0.3) is 0 Å². The van der Waals surface area contributed by atoms with Gasteiger partial charge in [-0.2, -0.15) is 0 Å². The van der Waals surface area contributed by atoms with Gasteiger partial charge in [-0.05, 0) is 88.3 Å². The van der Waals surface area contributed by atoms with Crippen LogP contribution >= 0.6 is 0 Å². The van der Waals surface area contributed by atoms with E-state index in [1.165, 1.54) is 0 Å². The normalized spacial score (nSPS) is 12.5. The van der Waals surface area contributed by atoms with Gasteiger partial charge >= 0.3 is 0 Å². The molecule has 4 aromatic carbocycles. The average Bonchev–Trinajstić information content (AvgIpc) is 3.18. The topological polar surface area (TPSA) is 144 Å². The lowest BCUT2D eigenvalue weighted by Gasteiger charge is -2.10. The molecule has 0 amide bonds. The molecule has 5 rings (SSSR count). The van der Waals surface area contributed by atoms with Crippen molar-refractivity contribution in [1.29, 1.82) is 0 Å². The molecular weight excluding hydrogens is 508 g/mol. The molecule has 10 heteroatoms. The van der Waals surface area contributed by atoms with Crippen LogP contribution in [-0.2, 0) is 38.0 Å². The number of nitrogen functional groups attached to an aromatic ring is 2. The van der Waals surface area contributed by atoms with Crippen molar-refractivity contribution in [3.05, 3.63) is 107 Å². The summed E-state index contributed by atoms with van der Waals surface area (Å²) in [7, 11) is -7.22. The lowest BCUT2D eigenvalue weighted by molar-refractivity contribution is 0.598. The number of hydrogen-bond acceptors (Lipinski definition) is 6. The Hall–Kier alpha value is -4.02. The van der Waals surface area contributed by atoms with E-state index in [1.54, 1.807) is 48.5 Å². The highest BCUT2D eigenvalue weighted by Gasteiger charge is 2.22. The van der Waals surface area contributed by atoms with Crippen LogP contribution in [0.1, 0.15) is 22.3 Å². The smallest absolute Gasteiger partial charge is 0.236 e. The molecule has 1 aliphatic rings. The highest BCUT2D eigenvalue weighted by atomic mass is 32.2. The van der Waals surface area contributed by atoms with E-state index in [2.05, 4.69) is 9.44 Å². The van der Waals surface area contributed by atoms with Crippen molar-refractivity contribution in [1.82, 2.24) is 0 Å². The number of nitrogens with two attached hydrogens (primary N) is 2. The van der Waals surface area contributed by atoms with Crippen molar-refractivity contribution in [2.24, 2.45) is 0 Å². The summed E-state index contributed by atoms with van der Waals surface area (Å²) in [5, 5.41) is 0. The first-order chi connectivity index (χ1) is 17.6. The summed E-state index contributed by atoms with van der Waals surface area (Å²) < 4.78 is 55.9. The Kier molecular flexibility index (Phi) is 6.30. The Morgan fingerprint density at radius 3 is 1.32 bits per heavy atom. The summed E-state index contributed by atoms with van der Waals surface area (Å²) in [6.07, 6.45) is 0.600. The first-order valence-electron chi connectivity index (χ1n) is 11.5. The van der Waals surface area contributed by atoms with E-state index in [0.717, 1.165) is 22.3 Å². The molecule has 4 aromatic rings. The molecule has 1 aliphatic carbocycles. The largest absolute Gasteiger partial charge is 0.399 e. The number of benzene rings is 4. The van der Waals surface area contributed by atoms with Crippen LogP contribution < -0.4 is 20.9 Å². The monoisotopic (exact) mass is 534 g/mol. The van der Waals surface area contributed by atoms with Gasteiger partial charge in [0.15, 0.2) is 0 Å². The standard InChI is InChI=1S/C27H26N4O4S2/c28-22-3-7-24(8-4-22)30-36(32,33)16-18-1-11-26-20(13-18)15-21-14-19(2-12-27(21)26)17-37(34,35)31-25-9-5-23(29)6-10-25/h1-14,30-31H,15-17,28-29H2. The number of hydrogen-bond donors (Lipinski definition) is 4. The van der Waals surface area contributed by atoms with E-state index < -0.39 is 20.0 Å². The predicted octanol–water partition coefficient (Wildman–Crippen LogP) is 4.31. The van der Waals surface area contributed by atoms with Crippen LogP contribution in [0.4, 0.5) is 22.7 Å². The van der Waals surface area contributed by atoms with Gasteiger partial charge in [0.1, 0.15) is 0 Å². The van der Waals surface area contributed by atoms with Crippen LogP contribution in [-0.4, -0.2) is 16.8 Å². The molecule has 0 spiro atoms. The minimum absolute atomic E-state index is 0.165. The number of rotatable bonds is 8. The maximum Gasteiger partial charge on any atom is 0.236 e. The fourth-order valence-corrected chi connectivity index (χ4v) is 6.84. The van der Waals surface area contributed by atoms with Crippen LogP contribution in [0.15, 0.2) is 84.9 Å². The molecule has 0 saturated heterocycles. The van der Waals surface area contributed by atoms with E-state index in [9.17, 15) is 16.8 Å². The maximum absolute atomic E-state index is 12.7. The second-order valence-corrected chi connectivity index (χ2v) is 12.6. The summed E-state index contributed by atoms with van der Waals surface area (Å²) in [5.74, 6) is -0.331. The van der Waals surface area contributed by atoms with Gasteiger partial charge in [-0.1, -0.05) is 36.4 Å². The van der Waals surface area contributed by atoms with Gasteiger partial charge < -0.3 is 11.5 Å². The van der Waals surface area contributed by atoms with Crippen LogP contribution in [0.5, 0.6) is 0 Å². The molecule has 6 N–H and O–H groups in total. The molecule has 0 atom stereocenters. The Balaban J connectivity index is 1.29. The molecule has 0 bridgehead atoms. The second-order valence-electron chi connectivity index (χ2n) is 9.13. The fourth-order valence-electron chi connectivity index (χ4n) is 4.47. The third-order valence-electron chi connectivity index (χ3n) is 6.09. The minimum Gasteiger partial charge on any atom is -0.399 e. The molecule has 0 aliphatic heterocycles. The Bertz CT molecular complexity index is 1560. The number of sulfonamides is 2. The van der Waals surface area contributed by atoms with E-state index in [-0.39, 0.29) is 11.5 Å². The summed E-state index contributed by atoms with van der Waals surface area (Å²) >= 11 is 0. The highest BCUT2D eigenvalue weighted by molar-refractivity contribution is 7.92. The van der Waals surface area contributed by atoms with Gasteiger partial charge in [0.2, 0.25) is 20.0 Å². The first kappa shape index (κ1) is 24.7. The Morgan fingerprint density at radius 2 is 0.946 bits per heavy atom. The van der Waals surface area contributed by atoms with Crippen molar-refractivity contribution in [2.45, 2.75) is 17.9 Å². The van der Waals surface area contributed by atoms with E-state index in [0.29, 0.717) is 40.3 Å². The lowest BCUT2D eigenvalue weighted by atomic mass is 10.0. The van der Waals surface area contributed by atoms with Crippen molar-refractivity contribution in [2.75, 3.05) is 20.9 Å². The fraction of sp³-hybridized carbons (Fsp3) is 0.111. The van der Waals surface area contributed by atoms with Crippen molar-refractivity contribution in [3.63, 3.8) is 0 Å². The van der Waals surface area contributed by atoms with Crippen molar-refractivity contribution >= 4 is 42.8 Å². The zero-order chi connectivity index (χ0) is 26.2. The summed E-state index contributed by atoms with van der Waals surface area (Å²) in [6, 6.07) is 24.3. The van der Waals surface area contributed by atoms with Gasteiger partial charge in [-0.15, -0.1) is 0 Å². The Morgan fingerprint density at radius 1 is 0.568 bits per heavy atom. The molecular formula is C27H26N4O4S2. The van der Waals surface area contributed by atoms with E-state index >= 15 is 0 Å². The molecule has 0 aromatic heterocycles. The SMILES string of the molecule is Nc1ccc(NS(=O)(=O)Cc2ccc3c(c2)Cc2cc(CS(=O)(=O)Nc4ccc(N)cc4)ccc2-3)cc1. The molecule has 8 nitrogen and oxygen atoms in total. The third kappa shape index (κ3) is 5.87. The van der Waals surface area contributed by atoms with Crippen LogP contribution in [0, 0.1) is 0 Å². The van der Waals surface area contributed by atoms with Crippen LogP contribution in [0.2, 0.25) is 0 Å². The van der Waals surface area contributed by atoms with E-state index in [4.69, 9.17) is 11.5 Å². The van der Waals surface area contributed by atoms with Gasteiger partial charge in [0.05, 0.1) is 11.5 Å². The van der Waals surface area contributed by atoms with Gasteiger partial charge in [-0.25, -0.2) is 16.8 Å². The lowest BCUT2D eigenvalue weighted by Crippen LogP contribution is -2.15. The van der Waals surface area contributed by atoms with Crippen LogP contribution in [0.25, 0.3) is 11.1 Å². The number of nitrogens with one attached hydrogen (secondary N) is 2.